The van der Waals surface area contributed by atoms with Gasteiger partial charge >= 0.3 is 0 Å². The first-order valence-electron chi connectivity index (χ1n) is 24.1. The van der Waals surface area contributed by atoms with Gasteiger partial charge in [-0.25, -0.2) is 30.1 Å². The molecule has 0 unspecified atom stereocenters. The molecule has 14 nitrogen and oxygen atoms in total. The Morgan fingerprint density at radius 1 is 0.457 bits per heavy atom. The number of hydrogen-bond acceptors (Lipinski definition) is 10. The maximum atomic E-state index is 14.2. The summed E-state index contributed by atoms with van der Waals surface area (Å²) in [6.07, 6.45) is 1.33. The molecule has 6 aliphatic rings. The Morgan fingerprint density at radius 2 is 0.771 bits per heavy atom. The fourth-order valence-corrected chi connectivity index (χ4v) is 12.1. The number of hydrazine groups is 4. The van der Waals surface area contributed by atoms with Crippen LogP contribution in [0.15, 0.2) is 118 Å². The number of nitrogens with zero attached hydrogens (tertiary/aromatic N) is 8. The summed E-state index contributed by atoms with van der Waals surface area (Å²) >= 11 is 6.99. The maximum Gasteiger partial charge on any atom is 0.250 e. The van der Waals surface area contributed by atoms with Gasteiger partial charge in [-0.15, -0.1) is 0 Å². The largest absolute Gasteiger partial charge is 0.273 e. The summed E-state index contributed by atoms with van der Waals surface area (Å²) < 4.78 is 1.89. The minimum absolute atomic E-state index is 0.0154. The van der Waals surface area contributed by atoms with Crippen LogP contribution >= 0.6 is 31.9 Å². The molecule has 0 saturated carbocycles. The average Bonchev–Trinajstić information content (AvgIpc) is 4.10. The van der Waals surface area contributed by atoms with Gasteiger partial charge in [-0.2, -0.15) is 0 Å². The second-order valence-electron chi connectivity index (χ2n) is 22.0. The van der Waals surface area contributed by atoms with Crippen LogP contribution in [0, 0.1) is 11.8 Å². The molecule has 6 fully saturated rings. The van der Waals surface area contributed by atoms with Crippen molar-refractivity contribution >= 4 is 67.3 Å². The zero-order valence-corrected chi connectivity index (χ0v) is 44.3. The molecule has 10 rings (SSSR count). The number of benzene rings is 4. The van der Waals surface area contributed by atoms with E-state index in [-0.39, 0.29) is 73.5 Å². The molecular weight excluding hydrogens is 1020 g/mol. The number of rotatable bonds is 8. The molecule has 0 N–H and O–H groups in total. The van der Waals surface area contributed by atoms with E-state index < -0.39 is 34.0 Å². The van der Waals surface area contributed by atoms with Gasteiger partial charge < -0.3 is 0 Å². The number of carbonyl (C=O) groups is 6. The molecule has 6 aliphatic heterocycles. The van der Waals surface area contributed by atoms with Crippen LogP contribution in [0.5, 0.6) is 0 Å². The van der Waals surface area contributed by atoms with Gasteiger partial charge in [0.2, 0.25) is 23.6 Å². The van der Waals surface area contributed by atoms with E-state index in [1.807, 2.05) is 175 Å². The molecule has 70 heavy (non-hydrogen) atoms. The van der Waals surface area contributed by atoms with Gasteiger partial charge in [0.05, 0.1) is 37.0 Å². The van der Waals surface area contributed by atoms with Gasteiger partial charge in [0, 0.05) is 69.9 Å². The number of carbonyl (C=O) groups excluding carboxylic acids is 6. The molecular formula is C54H62Br2N8O6. The van der Waals surface area contributed by atoms with Crippen LogP contribution in [0.25, 0.3) is 0 Å². The number of fused-ring (bicyclic) bond motifs is 2. The highest BCUT2D eigenvalue weighted by molar-refractivity contribution is 9.10. The molecule has 4 aromatic rings. The third-order valence-electron chi connectivity index (χ3n) is 14.9. The predicted molar refractivity (Wildman–Crippen MR) is 270 cm³/mol. The highest BCUT2D eigenvalue weighted by Crippen LogP contribution is 2.50. The van der Waals surface area contributed by atoms with Crippen LogP contribution in [0.3, 0.4) is 0 Å². The van der Waals surface area contributed by atoms with E-state index in [0.717, 1.165) is 31.2 Å². The summed E-state index contributed by atoms with van der Waals surface area (Å²) in [5.74, 6) is -1.98. The van der Waals surface area contributed by atoms with Gasteiger partial charge in [0.15, 0.2) is 0 Å². The van der Waals surface area contributed by atoms with Crippen LogP contribution in [0.4, 0.5) is 0 Å². The monoisotopic (exact) mass is 1080 g/mol. The van der Waals surface area contributed by atoms with Crippen molar-refractivity contribution in [1.82, 2.24) is 40.1 Å². The van der Waals surface area contributed by atoms with Crippen molar-refractivity contribution < 1.29 is 28.8 Å². The van der Waals surface area contributed by atoms with Crippen molar-refractivity contribution in [2.75, 3.05) is 13.1 Å². The smallest absolute Gasteiger partial charge is 0.250 e. The molecule has 368 valence electrons. The van der Waals surface area contributed by atoms with Crippen LogP contribution in [-0.2, 0) is 41.9 Å². The molecule has 0 aliphatic carbocycles. The predicted octanol–water partition coefficient (Wildman–Crippen LogP) is 8.61. The molecule has 0 radical (unpaired) electrons. The summed E-state index contributed by atoms with van der Waals surface area (Å²) in [5.41, 5.74) is 2.12. The van der Waals surface area contributed by atoms with Crippen molar-refractivity contribution in [3.8, 4) is 0 Å². The lowest BCUT2D eigenvalue weighted by Gasteiger charge is -2.39. The first kappa shape index (κ1) is 49.9. The fourth-order valence-electron chi connectivity index (χ4n) is 11.6. The fraction of sp³-hybridized carbons (Fsp3) is 0.444. The van der Waals surface area contributed by atoms with E-state index in [1.54, 1.807) is 10.0 Å². The summed E-state index contributed by atoms with van der Waals surface area (Å²) in [6.45, 7) is 17.6. The van der Waals surface area contributed by atoms with Crippen LogP contribution in [0.1, 0.15) is 115 Å². The Balaban J connectivity index is 0.000000174. The Bertz CT molecular complexity index is 2510. The molecule has 6 saturated heterocycles. The molecule has 0 bridgehead atoms. The van der Waals surface area contributed by atoms with Crippen LogP contribution in [-0.4, -0.2) is 111 Å². The molecule has 4 atom stereocenters. The highest BCUT2D eigenvalue weighted by atomic mass is 79.9. The lowest BCUT2D eigenvalue weighted by atomic mass is 9.89. The molecule has 6 heterocycles. The lowest BCUT2D eigenvalue weighted by molar-refractivity contribution is -0.166. The van der Waals surface area contributed by atoms with Crippen molar-refractivity contribution in [2.24, 2.45) is 11.8 Å². The minimum atomic E-state index is -0.559. The number of amides is 6. The van der Waals surface area contributed by atoms with Gasteiger partial charge in [0.1, 0.15) is 0 Å². The summed E-state index contributed by atoms with van der Waals surface area (Å²) in [4.78, 5) is 80.9. The molecule has 0 aromatic heterocycles. The second-order valence-corrected chi connectivity index (χ2v) is 23.8. The van der Waals surface area contributed by atoms with E-state index in [1.165, 1.54) is 10.0 Å². The molecule has 6 amide bonds. The van der Waals surface area contributed by atoms with Crippen molar-refractivity contribution in [3.05, 3.63) is 140 Å². The van der Waals surface area contributed by atoms with E-state index in [9.17, 15) is 28.8 Å². The minimum Gasteiger partial charge on any atom is -0.273 e. The molecule has 4 aromatic carbocycles. The third kappa shape index (κ3) is 9.08. The first-order chi connectivity index (χ1) is 33.0. The van der Waals surface area contributed by atoms with Crippen molar-refractivity contribution in [2.45, 2.75) is 128 Å². The quantitative estimate of drug-likeness (QED) is 0.158. The Morgan fingerprint density at radius 3 is 1.10 bits per heavy atom. The Hall–Kier alpha value is -5.10. The Labute approximate surface area is 427 Å². The van der Waals surface area contributed by atoms with Crippen LogP contribution in [0.2, 0.25) is 0 Å². The number of halogens is 2. The average molecular weight is 1080 g/mol. The topological polar surface area (TPSA) is 128 Å². The zero-order chi connectivity index (χ0) is 50.2. The lowest BCUT2D eigenvalue weighted by Crippen LogP contribution is -2.52. The standard InChI is InChI=1S/2C27H31BrN4O3/c2*1-26(2)15-23(34)31(30(26)16-18-8-6-5-7-9-18)25(35)21-17-29-22(33)14-27(3,4)32(29)24(21)19-10-12-20(28)13-11-19/h2*5-13,21,24H,14-17H2,1-4H3/t2*21-,24-/m11/s1. The first-order valence-corrected chi connectivity index (χ1v) is 25.6. The summed E-state index contributed by atoms with van der Waals surface area (Å²) in [6, 6.07) is 34.9. The molecule has 0 spiro atoms. The van der Waals surface area contributed by atoms with Gasteiger partial charge in [-0.3, -0.25) is 38.8 Å². The molecule has 16 heteroatoms. The third-order valence-corrected chi connectivity index (χ3v) is 15.9. The van der Waals surface area contributed by atoms with Gasteiger partial charge in [-0.1, -0.05) is 117 Å². The SMILES string of the molecule is CC1(C)CC(=O)N(C(=O)[C@@H]2CN3C(=O)CC(C)(C)N3[C@@H]2c2ccc(Br)cc2)N1Cc1ccccc1.CC1(C)CC(=O)N(C(=O)[C@@H]2CN3C(=O)CC(C)(C)N3[C@@H]2c2ccc(Br)cc2)N1Cc1ccccc1. The van der Waals surface area contributed by atoms with E-state index in [0.29, 0.717) is 25.9 Å². The Kier molecular flexibility index (Phi) is 13.2. The normalized spacial score (nSPS) is 26.0. The van der Waals surface area contributed by atoms with Crippen molar-refractivity contribution in [3.63, 3.8) is 0 Å². The van der Waals surface area contributed by atoms with Crippen molar-refractivity contribution in [1.29, 1.82) is 0 Å². The number of hydrogen-bond donors (Lipinski definition) is 0. The maximum absolute atomic E-state index is 14.2. The van der Waals surface area contributed by atoms with E-state index in [4.69, 9.17) is 0 Å². The summed E-state index contributed by atoms with van der Waals surface area (Å²) in [7, 11) is 0. The zero-order valence-electron chi connectivity index (χ0n) is 41.1. The highest BCUT2D eigenvalue weighted by Gasteiger charge is 2.61. The van der Waals surface area contributed by atoms with E-state index >= 15 is 0 Å². The van der Waals surface area contributed by atoms with E-state index in [2.05, 4.69) is 41.9 Å². The van der Waals surface area contributed by atoms with Gasteiger partial charge in [-0.05, 0) is 102 Å². The second kappa shape index (κ2) is 18.5. The summed E-state index contributed by atoms with van der Waals surface area (Å²) in [5, 5.41) is 14.1. The number of imide groups is 2. The van der Waals surface area contributed by atoms with Gasteiger partial charge in [0.25, 0.3) is 11.8 Å². The van der Waals surface area contributed by atoms with Crippen LogP contribution < -0.4 is 0 Å².